The smallest absolute Gasteiger partial charge is 0.136 e. The molecular weight excluding hydrogens is 569 g/mol. The second-order valence-corrected chi connectivity index (χ2v) is 10.3. The van der Waals surface area contributed by atoms with Gasteiger partial charge in [0.25, 0.3) is 0 Å². The summed E-state index contributed by atoms with van der Waals surface area (Å²) in [5.74, 6) is 0. The van der Waals surface area contributed by atoms with Crippen LogP contribution < -0.4 is 0 Å². The van der Waals surface area contributed by atoms with Crippen LogP contribution in [0.2, 0.25) is 0 Å². The average Bonchev–Trinajstić information content (AvgIpc) is 3.77. The summed E-state index contributed by atoms with van der Waals surface area (Å²) in [7, 11) is 0. The number of fused-ring (bicyclic) bond motifs is 8. The van der Waals surface area contributed by atoms with Crippen molar-refractivity contribution in [3.63, 3.8) is 0 Å². The Kier molecular flexibility index (Phi) is 2.31. The summed E-state index contributed by atoms with van der Waals surface area (Å²) >= 11 is 0. The van der Waals surface area contributed by atoms with Gasteiger partial charge in [0.15, 0.2) is 0 Å². The molecule has 0 spiro atoms. The predicted molar refractivity (Wildman–Crippen MR) is 200 cm³/mol. The van der Waals surface area contributed by atoms with Gasteiger partial charge in [0, 0.05) is 10.8 Å². The van der Waals surface area contributed by atoms with Crippen molar-refractivity contribution in [1.82, 2.24) is 0 Å². The van der Waals surface area contributed by atoms with Crippen LogP contribution in [-0.2, 0) is 0 Å². The van der Waals surface area contributed by atoms with Gasteiger partial charge in [-0.15, -0.1) is 0 Å². The molecule has 0 aliphatic heterocycles. The quantitative estimate of drug-likeness (QED) is 0.178. The molecule has 218 valence electrons. The highest BCUT2D eigenvalue weighted by Crippen LogP contribution is 2.45. The second-order valence-electron chi connectivity index (χ2n) is 10.3. The molecule has 47 heavy (non-hydrogen) atoms. The van der Waals surface area contributed by atoms with Crippen molar-refractivity contribution >= 4 is 65.0 Å². The summed E-state index contributed by atoms with van der Waals surface area (Å²) < 4.78 is 258. The molecule has 1 heteroatoms. The van der Waals surface area contributed by atoms with Gasteiger partial charge in [-0.1, -0.05) is 151 Å². The maximum Gasteiger partial charge on any atom is 0.136 e. The molecular formula is C46H28O. The van der Waals surface area contributed by atoms with Crippen molar-refractivity contribution in [1.29, 1.82) is 0 Å². The first-order valence-corrected chi connectivity index (χ1v) is 13.9. The van der Waals surface area contributed by atoms with Gasteiger partial charge >= 0.3 is 0 Å². The molecule has 1 nitrogen and oxygen atoms in total. The van der Waals surface area contributed by atoms with Crippen molar-refractivity contribution in [3.8, 4) is 33.4 Å². The molecule has 0 amide bonds. The van der Waals surface area contributed by atoms with Gasteiger partial charge in [0.1, 0.15) is 11.2 Å². The van der Waals surface area contributed by atoms with E-state index in [9.17, 15) is 15.1 Å². The zero-order valence-electron chi connectivity index (χ0n) is 51.4. The number of hydrogen-bond donors (Lipinski definition) is 0. The van der Waals surface area contributed by atoms with Crippen LogP contribution in [0.5, 0.6) is 0 Å². The molecule has 9 aromatic carbocycles. The highest BCUT2D eigenvalue weighted by Gasteiger charge is 2.18. The summed E-state index contributed by atoms with van der Waals surface area (Å²) in [6.07, 6.45) is 0. The van der Waals surface area contributed by atoms with E-state index in [2.05, 4.69) is 0 Å². The molecule has 0 N–H and O–H groups in total. The Morgan fingerprint density at radius 2 is 0.851 bits per heavy atom. The molecule has 0 aliphatic carbocycles. The largest absolute Gasteiger partial charge is 0.456 e. The summed E-state index contributed by atoms with van der Waals surface area (Å²) in [5, 5.41) is -6.03. The SMILES string of the molecule is [2H]c1c([2H])c(-c2c([2H])c([2H])c([2H])c3oc4c([2H])c([2H])c5c([2H])c([2H])c([2H])c([2H])c5c4c23)c([2H])c([2H])c1-c1c2c([2H])c([2H])c([2H])c([2H])c2c(-c2c([2H])c([2H])c3c([2H])c([2H])c([2H])c([2H])c3c2[2H])c2c([2H])c([2H])c([2H])c([2H])c12. The zero-order chi connectivity index (χ0) is 55.3. The van der Waals surface area contributed by atoms with Gasteiger partial charge in [-0.25, -0.2) is 0 Å². The first-order chi connectivity index (χ1) is 35.0. The minimum absolute atomic E-state index is 0.409. The van der Waals surface area contributed by atoms with Crippen molar-refractivity contribution in [2.75, 3.05) is 0 Å². The first-order valence-electron chi connectivity index (χ1n) is 27.9. The Morgan fingerprint density at radius 1 is 0.340 bits per heavy atom. The molecule has 0 saturated heterocycles. The third-order valence-electron chi connectivity index (χ3n) is 7.76. The molecule has 0 unspecified atom stereocenters. The van der Waals surface area contributed by atoms with Crippen molar-refractivity contribution in [3.05, 3.63) is 169 Å². The number of hydrogen-bond acceptors (Lipinski definition) is 1. The van der Waals surface area contributed by atoms with E-state index in [4.69, 9.17) is 27.7 Å². The molecule has 0 fully saturated rings. The van der Waals surface area contributed by atoms with Crippen LogP contribution in [0.1, 0.15) is 38.4 Å². The fourth-order valence-corrected chi connectivity index (χ4v) is 5.79. The Morgan fingerprint density at radius 3 is 1.55 bits per heavy atom. The third-order valence-corrected chi connectivity index (χ3v) is 7.76. The molecule has 1 heterocycles. The Labute approximate surface area is 311 Å². The van der Waals surface area contributed by atoms with Crippen molar-refractivity contribution in [2.45, 2.75) is 0 Å². The fourth-order valence-electron chi connectivity index (χ4n) is 5.79. The molecule has 10 aromatic rings. The van der Waals surface area contributed by atoms with Crippen LogP contribution in [0.15, 0.2) is 174 Å². The van der Waals surface area contributed by atoms with E-state index in [1.165, 1.54) is 0 Å². The lowest BCUT2D eigenvalue weighted by atomic mass is 9.85. The lowest BCUT2D eigenvalue weighted by Gasteiger charge is -2.18. The summed E-state index contributed by atoms with van der Waals surface area (Å²) in [6, 6.07) is -25.7. The lowest BCUT2D eigenvalue weighted by Crippen LogP contribution is -1.91. The molecule has 0 radical (unpaired) electrons. The maximum atomic E-state index is 9.69. The molecule has 1 aromatic heterocycles. The summed E-state index contributed by atoms with van der Waals surface area (Å²) in [4.78, 5) is 0. The van der Waals surface area contributed by atoms with Crippen LogP contribution in [0.25, 0.3) is 98.4 Å². The van der Waals surface area contributed by atoms with Crippen LogP contribution in [0.3, 0.4) is 0 Å². The molecule has 10 rings (SSSR count). The summed E-state index contributed by atoms with van der Waals surface area (Å²) in [6.45, 7) is 0. The van der Waals surface area contributed by atoms with Crippen molar-refractivity contribution in [2.24, 2.45) is 0 Å². The Balaban J connectivity index is 1.46. The average molecular weight is 625 g/mol. The molecule has 0 aliphatic rings. The van der Waals surface area contributed by atoms with Crippen molar-refractivity contribution < 1.29 is 42.8 Å². The number of furan rings is 1. The number of rotatable bonds is 3. The highest BCUT2D eigenvalue weighted by molar-refractivity contribution is 6.24. The van der Waals surface area contributed by atoms with E-state index >= 15 is 0 Å². The van der Waals surface area contributed by atoms with Crippen LogP contribution >= 0.6 is 0 Å². The van der Waals surface area contributed by atoms with E-state index in [1.807, 2.05) is 0 Å². The first kappa shape index (κ1) is 10.7. The van der Waals surface area contributed by atoms with Gasteiger partial charge in [-0.3, -0.25) is 0 Å². The maximum absolute atomic E-state index is 9.69. The molecule has 0 saturated carbocycles. The van der Waals surface area contributed by atoms with E-state index < -0.39 is 268 Å². The van der Waals surface area contributed by atoms with E-state index in [1.54, 1.807) is 0 Å². The van der Waals surface area contributed by atoms with Gasteiger partial charge in [-0.2, -0.15) is 0 Å². The van der Waals surface area contributed by atoms with Gasteiger partial charge in [0.05, 0.1) is 38.4 Å². The second kappa shape index (κ2) is 10.2. The van der Waals surface area contributed by atoms with Crippen LogP contribution in [0.4, 0.5) is 0 Å². The predicted octanol–water partition coefficient (Wildman–Crippen LogP) is 13.2. The Bertz CT molecular complexity index is 4330. The lowest BCUT2D eigenvalue weighted by molar-refractivity contribution is 0.669. The molecule has 0 atom stereocenters. The monoisotopic (exact) mass is 624 g/mol. The van der Waals surface area contributed by atoms with E-state index in [0.717, 1.165) is 0 Å². The minimum atomic E-state index is -1.11. The van der Waals surface area contributed by atoms with Gasteiger partial charge in [0.2, 0.25) is 0 Å². The molecule has 0 bridgehead atoms. The topological polar surface area (TPSA) is 13.1 Å². The van der Waals surface area contributed by atoms with E-state index in [0.29, 0.717) is 0 Å². The standard InChI is InChI=1S/C46H28O/c1-2-12-33-28-34(25-20-29(33)10-1)44-39-16-7-5-14-37(39)43(38-15-6-8-17-40(38)44)32-23-21-31(22-24-32)36-18-9-19-41-45(36)46-35-13-4-3-11-30(35)26-27-42(46)47-41/h1-28H/i1D,2D,3D,4D,5D,6D,7D,8D,9D,10D,11D,12D,13D,14D,15D,16D,17D,18D,19D,20D,21D,22D,23D,24D,25D,26D,27D,28D. The van der Waals surface area contributed by atoms with Crippen LogP contribution in [0, 0.1) is 0 Å². The fraction of sp³-hybridized carbons (Fsp3) is 0. The minimum Gasteiger partial charge on any atom is -0.456 e. The van der Waals surface area contributed by atoms with Gasteiger partial charge in [-0.05, 0) is 94.6 Å². The van der Waals surface area contributed by atoms with Gasteiger partial charge < -0.3 is 4.42 Å². The zero-order valence-corrected chi connectivity index (χ0v) is 23.4. The normalized spacial score (nSPS) is 20.2. The Hall–Kier alpha value is -6.18. The van der Waals surface area contributed by atoms with E-state index in [-0.39, 0.29) is 0 Å². The number of benzene rings is 9. The van der Waals surface area contributed by atoms with Crippen LogP contribution in [-0.4, -0.2) is 0 Å². The highest BCUT2D eigenvalue weighted by atomic mass is 16.3. The third kappa shape index (κ3) is 3.97. The summed E-state index contributed by atoms with van der Waals surface area (Å²) in [5.41, 5.74) is -5.81.